The van der Waals surface area contributed by atoms with Gasteiger partial charge in [-0.25, -0.2) is 0 Å². The molecule has 8 heteroatoms. The highest BCUT2D eigenvalue weighted by Crippen LogP contribution is 2.18. The molecule has 0 unspecified atom stereocenters. The lowest BCUT2D eigenvalue weighted by atomic mass is 10.3. The average Bonchev–Trinajstić information content (AvgIpc) is 3.27. The Bertz CT molecular complexity index is 774. The molecule has 1 aliphatic heterocycles. The molecule has 0 saturated carbocycles. The van der Waals surface area contributed by atoms with Crippen LogP contribution in [0.25, 0.3) is 0 Å². The lowest BCUT2D eigenvalue weighted by Crippen LogP contribution is -2.50. The van der Waals surface area contributed by atoms with E-state index in [1.165, 1.54) is 11.3 Å². The smallest absolute Gasteiger partial charge is 0.264 e. The van der Waals surface area contributed by atoms with Crippen LogP contribution in [0.1, 0.15) is 9.67 Å². The van der Waals surface area contributed by atoms with Crippen LogP contribution < -0.4 is 14.8 Å². The van der Waals surface area contributed by atoms with Crippen LogP contribution in [0.3, 0.4) is 0 Å². The molecule has 1 aromatic carbocycles. The third kappa shape index (κ3) is 5.71. The summed E-state index contributed by atoms with van der Waals surface area (Å²) < 4.78 is 10.6. The number of nitrogens with one attached hydrogen (secondary N) is 1. The van der Waals surface area contributed by atoms with Gasteiger partial charge < -0.3 is 19.7 Å². The third-order valence-electron chi connectivity index (χ3n) is 4.55. The summed E-state index contributed by atoms with van der Waals surface area (Å²) in [6.07, 6.45) is 0. The highest BCUT2D eigenvalue weighted by molar-refractivity contribution is 7.12. The number of hydrogen-bond acceptors (Lipinski definition) is 6. The predicted octanol–water partition coefficient (Wildman–Crippen LogP) is 1.71. The van der Waals surface area contributed by atoms with Gasteiger partial charge in [-0.1, -0.05) is 12.1 Å². The number of ether oxygens (including phenoxy) is 2. The quantitative estimate of drug-likeness (QED) is 0.727. The van der Waals surface area contributed by atoms with E-state index in [2.05, 4.69) is 10.2 Å². The Balaban J connectivity index is 1.31. The van der Waals surface area contributed by atoms with Gasteiger partial charge in [-0.2, -0.15) is 0 Å². The Labute approximate surface area is 168 Å². The van der Waals surface area contributed by atoms with Crippen molar-refractivity contribution >= 4 is 23.2 Å². The van der Waals surface area contributed by atoms with Crippen molar-refractivity contribution in [3.63, 3.8) is 0 Å². The predicted molar refractivity (Wildman–Crippen MR) is 108 cm³/mol. The summed E-state index contributed by atoms with van der Waals surface area (Å²) in [6, 6.07) is 10.9. The largest absolute Gasteiger partial charge is 0.497 e. The van der Waals surface area contributed by atoms with Gasteiger partial charge in [-0.3, -0.25) is 14.5 Å². The number of carbonyl (C=O) groups excluding carboxylic acids is 2. The van der Waals surface area contributed by atoms with Gasteiger partial charge >= 0.3 is 0 Å². The molecule has 1 N–H and O–H groups in total. The lowest BCUT2D eigenvalue weighted by Gasteiger charge is -2.34. The van der Waals surface area contributed by atoms with E-state index in [0.717, 1.165) is 24.5 Å². The molecule has 0 bridgehead atoms. The van der Waals surface area contributed by atoms with Gasteiger partial charge in [0, 0.05) is 45.3 Å². The standard InChI is InChI=1S/C20H25N3O4S/c1-26-16-4-2-5-17(14-16)27-15-19(24)21-7-8-22-9-11-23(12-10-22)20(25)18-6-3-13-28-18/h2-6,13-14H,7-12,15H2,1H3,(H,21,24). The van der Waals surface area contributed by atoms with E-state index >= 15 is 0 Å². The van der Waals surface area contributed by atoms with Crippen LogP contribution in [-0.2, 0) is 4.79 Å². The molecule has 0 spiro atoms. The minimum Gasteiger partial charge on any atom is -0.497 e. The zero-order chi connectivity index (χ0) is 19.8. The average molecular weight is 404 g/mol. The normalized spacial score (nSPS) is 14.5. The zero-order valence-corrected chi connectivity index (χ0v) is 16.7. The van der Waals surface area contributed by atoms with E-state index in [1.54, 1.807) is 19.2 Å². The van der Waals surface area contributed by atoms with E-state index < -0.39 is 0 Å². The molecule has 7 nitrogen and oxygen atoms in total. The second kappa shape index (κ2) is 10.1. The third-order valence-corrected chi connectivity index (χ3v) is 5.41. The summed E-state index contributed by atoms with van der Waals surface area (Å²) in [4.78, 5) is 29.2. The number of thiophene rings is 1. The number of carbonyl (C=O) groups is 2. The Morgan fingerprint density at radius 2 is 1.89 bits per heavy atom. The molecule has 150 valence electrons. The highest BCUT2D eigenvalue weighted by atomic mass is 32.1. The number of nitrogens with zero attached hydrogens (tertiary/aromatic N) is 2. The molecule has 0 radical (unpaired) electrons. The number of benzene rings is 1. The lowest BCUT2D eigenvalue weighted by molar-refractivity contribution is -0.123. The summed E-state index contributed by atoms with van der Waals surface area (Å²) in [6.45, 7) is 4.33. The van der Waals surface area contributed by atoms with Gasteiger partial charge in [0.05, 0.1) is 12.0 Å². The SMILES string of the molecule is COc1cccc(OCC(=O)NCCN2CCN(C(=O)c3cccs3)CC2)c1. The van der Waals surface area contributed by atoms with E-state index in [1.807, 2.05) is 34.5 Å². The fourth-order valence-electron chi connectivity index (χ4n) is 2.97. The molecule has 1 fully saturated rings. The van der Waals surface area contributed by atoms with Crippen LogP contribution in [-0.4, -0.2) is 74.6 Å². The summed E-state index contributed by atoms with van der Waals surface area (Å²) in [5.41, 5.74) is 0. The molecule has 2 amide bonds. The van der Waals surface area contributed by atoms with E-state index in [0.29, 0.717) is 31.1 Å². The summed E-state index contributed by atoms with van der Waals surface area (Å²) in [5.74, 6) is 1.24. The van der Waals surface area contributed by atoms with Crippen LogP contribution in [0, 0.1) is 0 Å². The summed E-state index contributed by atoms with van der Waals surface area (Å²) >= 11 is 1.48. The number of piperazine rings is 1. The Morgan fingerprint density at radius 3 is 2.61 bits per heavy atom. The number of hydrogen-bond donors (Lipinski definition) is 1. The van der Waals surface area contributed by atoms with Crippen LogP contribution in [0.4, 0.5) is 0 Å². The number of amides is 2. The van der Waals surface area contributed by atoms with Crippen molar-refractivity contribution in [3.05, 3.63) is 46.7 Å². The molecule has 0 atom stereocenters. The van der Waals surface area contributed by atoms with Gasteiger partial charge in [0.25, 0.3) is 11.8 Å². The second-order valence-electron chi connectivity index (χ2n) is 6.43. The Hall–Kier alpha value is -2.58. The zero-order valence-electron chi connectivity index (χ0n) is 15.9. The first-order chi connectivity index (χ1) is 13.7. The highest BCUT2D eigenvalue weighted by Gasteiger charge is 2.22. The van der Waals surface area contributed by atoms with E-state index in [-0.39, 0.29) is 18.4 Å². The van der Waals surface area contributed by atoms with Crippen LogP contribution >= 0.6 is 11.3 Å². The second-order valence-corrected chi connectivity index (χ2v) is 7.38. The first kappa shape index (κ1) is 20.2. The van der Waals surface area contributed by atoms with Gasteiger partial charge in [-0.15, -0.1) is 11.3 Å². The first-order valence-electron chi connectivity index (χ1n) is 9.24. The van der Waals surface area contributed by atoms with Gasteiger partial charge in [0.2, 0.25) is 0 Å². The van der Waals surface area contributed by atoms with Crippen LogP contribution in [0.15, 0.2) is 41.8 Å². The van der Waals surface area contributed by atoms with Gasteiger partial charge in [-0.05, 0) is 23.6 Å². The molecule has 1 aromatic heterocycles. The maximum atomic E-state index is 12.3. The van der Waals surface area contributed by atoms with Crippen molar-refractivity contribution in [1.82, 2.24) is 15.1 Å². The van der Waals surface area contributed by atoms with E-state index in [9.17, 15) is 9.59 Å². The first-order valence-corrected chi connectivity index (χ1v) is 10.1. The van der Waals surface area contributed by atoms with Gasteiger partial charge in [0.15, 0.2) is 6.61 Å². The van der Waals surface area contributed by atoms with Crippen molar-refractivity contribution in [3.8, 4) is 11.5 Å². The number of rotatable bonds is 8. The van der Waals surface area contributed by atoms with Gasteiger partial charge in [0.1, 0.15) is 11.5 Å². The molecule has 1 saturated heterocycles. The monoisotopic (exact) mass is 403 g/mol. The maximum Gasteiger partial charge on any atom is 0.264 e. The minimum absolute atomic E-state index is 0.0315. The topological polar surface area (TPSA) is 71.1 Å². The molecule has 2 heterocycles. The molecule has 28 heavy (non-hydrogen) atoms. The van der Waals surface area contributed by atoms with Crippen molar-refractivity contribution in [1.29, 1.82) is 0 Å². The van der Waals surface area contributed by atoms with Crippen molar-refractivity contribution < 1.29 is 19.1 Å². The van der Waals surface area contributed by atoms with Crippen molar-refractivity contribution in [2.75, 3.05) is 53.0 Å². The summed E-state index contributed by atoms with van der Waals surface area (Å²) in [7, 11) is 1.59. The summed E-state index contributed by atoms with van der Waals surface area (Å²) in [5, 5.41) is 4.79. The van der Waals surface area contributed by atoms with Crippen LogP contribution in [0.2, 0.25) is 0 Å². The molecular weight excluding hydrogens is 378 g/mol. The Morgan fingerprint density at radius 1 is 1.11 bits per heavy atom. The minimum atomic E-state index is -0.158. The van der Waals surface area contributed by atoms with Crippen LogP contribution in [0.5, 0.6) is 11.5 Å². The molecule has 1 aliphatic rings. The number of methoxy groups -OCH3 is 1. The van der Waals surface area contributed by atoms with Crippen molar-refractivity contribution in [2.45, 2.75) is 0 Å². The molecule has 0 aliphatic carbocycles. The Kier molecular flexibility index (Phi) is 7.27. The fourth-order valence-corrected chi connectivity index (χ4v) is 3.67. The maximum absolute atomic E-state index is 12.3. The molecule has 2 aromatic rings. The van der Waals surface area contributed by atoms with Crippen molar-refractivity contribution in [2.24, 2.45) is 0 Å². The molecule has 3 rings (SSSR count). The van der Waals surface area contributed by atoms with E-state index in [4.69, 9.17) is 9.47 Å². The molecular formula is C20H25N3O4S. The fraction of sp³-hybridized carbons (Fsp3) is 0.400.